The Balaban J connectivity index is 1.42. The van der Waals surface area contributed by atoms with Crippen molar-refractivity contribution in [1.82, 2.24) is 20.1 Å². The van der Waals surface area contributed by atoms with Gasteiger partial charge in [0.05, 0.1) is 23.2 Å². The Morgan fingerprint density at radius 3 is 2.85 bits per heavy atom. The van der Waals surface area contributed by atoms with Gasteiger partial charge in [-0.25, -0.2) is 4.98 Å². The van der Waals surface area contributed by atoms with Crippen molar-refractivity contribution in [2.75, 3.05) is 46.4 Å². The maximum absolute atomic E-state index is 12.4. The molecular formula is C20H34N4O2S. The van der Waals surface area contributed by atoms with Crippen LogP contribution in [0.3, 0.4) is 0 Å². The van der Waals surface area contributed by atoms with Crippen LogP contribution in [0.4, 0.5) is 0 Å². The van der Waals surface area contributed by atoms with Gasteiger partial charge >= 0.3 is 0 Å². The highest BCUT2D eigenvalue weighted by molar-refractivity contribution is 7.09. The number of aromatic nitrogens is 1. The Labute approximate surface area is 167 Å². The molecule has 2 aliphatic rings. The molecule has 1 aromatic heterocycles. The van der Waals surface area contributed by atoms with E-state index in [4.69, 9.17) is 9.72 Å². The molecular weight excluding hydrogens is 360 g/mol. The molecule has 0 saturated carbocycles. The van der Waals surface area contributed by atoms with Gasteiger partial charge < -0.3 is 10.1 Å². The average Bonchev–Trinajstić information content (AvgIpc) is 3.16. The van der Waals surface area contributed by atoms with Crippen molar-refractivity contribution < 1.29 is 9.53 Å². The molecule has 1 N–H and O–H groups in total. The first-order chi connectivity index (χ1) is 13.2. The number of rotatable bonds is 8. The van der Waals surface area contributed by atoms with Crippen molar-refractivity contribution in [2.45, 2.75) is 51.6 Å². The lowest BCUT2D eigenvalue weighted by atomic mass is 9.93. The lowest BCUT2D eigenvalue weighted by Crippen LogP contribution is -2.50. The number of methoxy groups -OCH3 is 1. The maximum atomic E-state index is 12.4. The number of amides is 1. The molecule has 27 heavy (non-hydrogen) atoms. The molecule has 0 aromatic carbocycles. The van der Waals surface area contributed by atoms with E-state index in [1.165, 1.54) is 23.5 Å². The highest BCUT2D eigenvalue weighted by atomic mass is 32.1. The smallest absolute Gasteiger partial charge is 0.224 e. The van der Waals surface area contributed by atoms with Gasteiger partial charge in [0.2, 0.25) is 5.91 Å². The summed E-state index contributed by atoms with van der Waals surface area (Å²) in [4.78, 5) is 22.2. The van der Waals surface area contributed by atoms with Crippen molar-refractivity contribution in [3.63, 3.8) is 0 Å². The zero-order chi connectivity index (χ0) is 19.1. The van der Waals surface area contributed by atoms with Gasteiger partial charge in [0.1, 0.15) is 0 Å². The van der Waals surface area contributed by atoms with Crippen molar-refractivity contribution >= 4 is 17.2 Å². The van der Waals surface area contributed by atoms with E-state index < -0.39 is 0 Å². The molecule has 1 unspecified atom stereocenters. The van der Waals surface area contributed by atoms with E-state index in [0.717, 1.165) is 52.0 Å². The predicted molar refractivity (Wildman–Crippen MR) is 109 cm³/mol. The van der Waals surface area contributed by atoms with Crippen LogP contribution in [-0.4, -0.2) is 73.2 Å². The summed E-state index contributed by atoms with van der Waals surface area (Å²) in [5.74, 6) is 0.334. The Hall–Kier alpha value is -1.02. The summed E-state index contributed by atoms with van der Waals surface area (Å²) in [5.41, 5.74) is 1.22. The number of carbonyl (C=O) groups is 1. The molecule has 0 bridgehead atoms. The lowest BCUT2D eigenvalue weighted by molar-refractivity contribution is -0.127. The predicted octanol–water partition coefficient (Wildman–Crippen LogP) is 2.14. The minimum atomic E-state index is 0.135. The second kappa shape index (κ2) is 10.5. The molecule has 1 atom stereocenters. The minimum absolute atomic E-state index is 0.135. The highest BCUT2D eigenvalue weighted by Crippen LogP contribution is 2.25. The van der Waals surface area contributed by atoms with Gasteiger partial charge in [0.25, 0.3) is 0 Å². The number of hydrogen-bond acceptors (Lipinski definition) is 6. The van der Waals surface area contributed by atoms with Crippen LogP contribution in [0.15, 0.2) is 5.38 Å². The van der Waals surface area contributed by atoms with Gasteiger partial charge in [0, 0.05) is 51.3 Å². The van der Waals surface area contributed by atoms with E-state index in [2.05, 4.69) is 27.4 Å². The van der Waals surface area contributed by atoms with E-state index in [0.29, 0.717) is 19.2 Å². The van der Waals surface area contributed by atoms with Gasteiger partial charge in [-0.3, -0.25) is 14.6 Å². The van der Waals surface area contributed by atoms with Crippen molar-refractivity contribution in [1.29, 1.82) is 0 Å². The fourth-order valence-electron chi connectivity index (χ4n) is 4.23. The summed E-state index contributed by atoms with van der Waals surface area (Å²) < 4.78 is 5.02. The average molecular weight is 395 g/mol. The highest BCUT2D eigenvalue weighted by Gasteiger charge is 2.31. The molecule has 0 radical (unpaired) electrons. The number of hydrogen-bond donors (Lipinski definition) is 1. The van der Waals surface area contributed by atoms with Gasteiger partial charge in [0.15, 0.2) is 0 Å². The number of thiazole rings is 1. The van der Waals surface area contributed by atoms with Crippen molar-refractivity contribution in [2.24, 2.45) is 5.92 Å². The third-order valence-corrected chi connectivity index (χ3v) is 6.83. The number of likely N-dealkylation sites (tertiary alicyclic amines) is 2. The molecule has 1 amide bonds. The van der Waals surface area contributed by atoms with Crippen LogP contribution < -0.4 is 5.32 Å². The first kappa shape index (κ1) is 20.7. The van der Waals surface area contributed by atoms with Crippen LogP contribution in [0, 0.1) is 5.92 Å². The molecule has 7 heteroatoms. The summed E-state index contributed by atoms with van der Waals surface area (Å²) in [7, 11) is 1.66. The van der Waals surface area contributed by atoms with Crippen LogP contribution in [-0.2, 0) is 22.5 Å². The molecule has 1 aromatic rings. The number of piperidine rings is 2. The Morgan fingerprint density at radius 2 is 2.15 bits per heavy atom. The fraction of sp³-hybridized carbons (Fsp3) is 0.800. The second-order valence-electron chi connectivity index (χ2n) is 7.71. The first-order valence-corrected chi connectivity index (χ1v) is 11.2. The molecule has 0 spiro atoms. The maximum Gasteiger partial charge on any atom is 0.224 e. The number of nitrogens with zero attached hydrogens (tertiary/aromatic N) is 3. The standard InChI is InChI=1S/C20H34N4O2S/c1-3-19-22-17(15-27-19)14-23-10-6-18(7-11-23)24-9-4-5-16(13-24)20(25)21-8-12-26-2/h15-16,18H,3-14H2,1-2H3,(H,21,25). The van der Waals surface area contributed by atoms with Gasteiger partial charge in [-0.2, -0.15) is 0 Å². The van der Waals surface area contributed by atoms with E-state index in [1.807, 2.05) is 0 Å². The lowest BCUT2D eigenvalue weighted by Gasteiger charge is -2.42. The zero-order valence-corrected chi connectivity index (χ0v) is 17.6. The van der Waals surface area contributed by atoms with Gasteiger partial charge in [-0.15, -0.1) is 11.3 Å². The zero-order valence-electron chi connectivity index (χ0n) is 16.8. The summed E-state index contributed by atoms with van der Waals surface area (Å²) in [5, 5.41) is 6.46. The third-order valence-electron chi connectivity index (χ3n) is 5.79. The third kappa shape index (κ3) is 5.98. The monoisotopic (exact) mass is 394 g/mol. The summed E-state index contributed by atoms with van der Waals surface area (Å²) in [6.45, 7) is 8.65. The van der Waals surface area contributed by atoms with Crippen LogP contribution >= 0.6 is 11.3 Å². The van der Waals surface area contributed by atoms with E-state index in [9.17, 15) is 4.79 Å². The normalized spacial score (nSPS) is 22.8. The van der Waals surface area contributed by atoms with Crippen LogP contribution in [0.2, 0.25) is 0 Å². The molecule has 3 heterocycles. The van der Waals surface area contributed by atoms with Crippen molar-refractivity contribution in [3.05, 3.63) is 16.1 Å². The van der Waals surface area contributed by atoms with Crippen LogP contribution in [0.5, 0.6) is 0 Å². The van der Waals surface area contributed by atoms with Gasteiger partial charge in [-0.05, 0) is 38.6 Å². The number of ether oxygens (including phenoxy) is 1. The first-order valence-electron chi connectivity index (χ1n) is 10.4. The fourth-order valence-corrected chi connectivity index (χ4v) is 4.96. The molecule has 3 rings (SSSR count). The largest absolute Gasteiger partial charge is 0.383 e. The molecule has 6 nitrogen and oxygen atoms in total. The molecule has 2 aliphatic heterocycles. The number of aryl methyl sites for hydroxylation is 1. The number of nitrogens with one attached hydrogen (secondary N) is 1. The number of carbonyl (C=O) groups excluding carboxylic acids is 1. The quantitative estimate of drug-likeness (QED) is 0.685. The Kier molecular flexibility index (Phi) is 8.06. The summed E-state index contributed by atoms with van der Waals surface area (Å²) >= 11 is 1.78. The van der Waals surface area contributed by atoms with Gasteiger partial charge in [-0.1, -0.05) is 6.92 Å². The summed E-state index contributed by atoms with van der Waals surface area (Å²) in [6.07, 6.45) is 5.56. The van der Waals surface area contributed by atoms with Crippen LogP contribution in [0.1, 0.15) is 43.3 Å². The SMILES string of the molecule is CCc1nc(CN2CCC(N3CCCC(C(=O)NCCOC)C3)CC2)cs1. The molecule has 2 saturated heterocycles. The molecule has 2 fully saturated rings. The van der Waals surface area contributed by atoms with E-state index >= 15 is 0 Å². The minimum Gasteiger partial charge on any atom is -0.383 e. The van der Waals surface area contributed by atoms with E-state index in [-0.39, 0.29) is 11.8 Å². The van der Waals surface area contributed by atoms with Crippen LogP contribution in [0.25, 0.3) is 0 Å². The summed E-state index contributed by atoms with van der Waals surface area (Å²) in [6, 6.07) is 0.623. The van der Waals surface area contributed by atoms with Crippen molar-refractivity contribution in [3.8, 4) is 0 Å². The molecule has 0 aliphatic carbocycles. The Morgan fingerprint density at radius 1 is 1.33 bits per heavy atom. The van der Waals surface area contributed by atoms with E-state index in [1.54, 1.807) is 18.4 Å². The molecule has 152 valence electrons. The second-order valence-corrected chi connectivity index (χ2v) is 8.65. The topological polar surface area (TPSA) is 57.7 Å². The Bertz CT molecular complexity index is 586.